The molecule has 0 aliphatic rings. The van der Waals surface area contributed by atoms with Crippen molar-refractivity contribution in [2.24, 2.45) is 0 Å². The van der Waals surface area contributed by atoms with E-state index in [4.69, 9.17) is 5.11 Å². The number of nitrogens with zero attached hydrogens (tertiary/aromatic N) is 4. The van der Waals surface area contributed by atoms with Gasteiger partial charge in [-0.3, -0.25) is 4.79 Å². The fourth-order valence-corrected chi connectivity index (χ4v) is 2.14. The number of tetrazole rings is 1. The summed E-state index contributed by atoms with van der Waals surface area (Å²) >= 11 is 4.39. The molecule has 7 heteroatoms. The first-order valence-electron chi connectivity index (χ1n) is 6.39. The van der Waals surface area contributed by atoms with E-state index in [9.17, 15) is 4.79 Å². The first kappa shape index (κ1) is 14.5. The van der Waals surface area contributed by atoms with Crippen LogP contribution < -0.4 is 0 Å². The average Bonchev–Trinajstić information content (AvgIpc) is 2.94. The maximum atomic E-state index is 10.6. The molecular formula is C13H16N4O2S. The van der Waals surface area contributed by atoms with Gasteiger partial charge in [-0.2, -0.15) is 17.3 Å². The zero-order chi connectivity index (χ0) is 14.5. The van der Waals surface area contributed by atoms with E-state index in [0.29, 0.717) is 12.2 Å². The highest BCUT2D eigenvalue weighted by Crippen LogP contribution is 2.24. The highest BCUT2D eigenvalue weighted by Gasteiger charge is 2.17. The van der Waals surface area contributed by atoms with Crippen LogP contribution in [0.15, 0.2) is 24.3 Å². The van der Waals surface area contributed by atoms with E-state index in [2.05, 4.69) is 35.1 Å². The van der Waals surface area contributed by atoms with E-state index in [1.54, 1.807) is 4.68 Å². The first-order valence-corrected chi connectivity index (χ1v) is 6.91. The molecule has 1 atom stereocenters. The molecule has 1 heterocycles. The second-order valence-electron chi connectivity index (χ2n) is 4.42. The molecular weight excluding hydrogens is 276 g/mol. The molecule has 0 spiro atoms. The van der Waals surface area contributed by atoms with Crippen molar-refractivity contribution in [2.75, 3.05) is 0 Å². The minimum absolute atomic E-state index is 0.0375. The van der Waals surface area contributed by atoms with Crippen LogP contribution in [0, 0.1) is 0 Å². The Hall–Kier alpha value is -1.89. The van der Waals surface area contributed by atoms with Gasteiger partial charge in [-0.15, -0.1) is 5.10 Å². The minimum atomic E-state index is -0.852. The fourth-order valence-electron chi connectivity index (χ4n) is 1.85. The SMILES string of the molecule is CCc1ccc(-n2nnnc2C(S)CCC(=O)O)cc1. The number of aromatic nitrogens is 4. The third-order valence-electron chi connectivity index (χ3n) is 3.01. The smallest absolute Gasteiger partial charge is 0.303 e. The number of carbonyl (C=O) groups is 1. The average molecular weight is 292 g/mol. The highest BCUT2D eigenvalue weighted by molar-refractivity contribution is 7.80. The topological polar surface area (TPSA) is 80.9 Å². The number of hydrogen-bond acceptors (Lipinski definition) is 5. The van der Waals surface area contributed by atoms with Gasteiger partial charge in [-0.1, -0.05) is 19.1 Å². The molecule has 0 saturated carbocycles. The molecule has 1 N–H and O–H groups in total. The molecule has 0 aliphatic carbocycles. The quantitative estimate of drug-likeness (QED) is 0.797. The number of carboxylic acids is 1. The molecule has 20 heavy (non-hydrogen) atoms. The van der Waals surface area contributed by atoms with E-state index in [0.717, 1.165) is 12.1 Å². The van der Waals surface area contributed by atoms with Crippen molar-refractivity contribution in [1.29, 1.82) is 0 Å². The van der Waals surface area contributed by atoms with Crippen LogP contribution in [0.1, 0.15) is 36.4 Å². The largest absolute Gasteiger partial charge is 0.481 e. The molecule has 2 aromatic rings. The summed E-state index contributed by atoms with van der Waals surface area (Å²) in [6, 6.07) is 7.92. The van der Waals surface area contributed by atoms with Crippen LogP contribution in [0.3, 0.4) is 0 Å². The second-order valence-corrected chi connectivity index (χ2v) is 5.04. The van der Waals surface area contributed by atoms with Gasteiger partial charge in [0.1, 0.15) is 0 Å². The molecule has 0 amide bonds. The van der Waals surface area contributed by atoms with Crippen molar-refractivity contribution in [2.45, 2.75) is 31.4 Å². The second kappa shape index (κ2) is 6.51. The Bertz CT molecular complexity index is 582. The molecule has 2 rings (SSSR count). The maximum absolute atomic E-state index is 10.6. The Labute approximate surface area is 122 Å². The van der Waals surface area contributed by atoms with Crippen LogP contribution in [0.5, 0.6) is 0 Å². The Morgan fingerprint density at radius 2 is 2.10 bits per heavy atom. The first-order chi connectivity index (χ1) is 9.61. The van der Waals surface area contributed by atoms with Gasteiger partial charge >= 0.3 is 5.97 Å². The van der Waals surface area contributed by atoms with Gasteiger partial charge in [0.15, 0.2) is 5.82 Å². The molecule has 1 aromatic carbocycles. The molecule has 106 valence electrons. The Kier molecular flexibility index (Phi) is 4.73. The number of hydrogen-bond donors (Lipinski definition) is 2. The van der Waals surface area contributed by atoms with Gasteiger partial charge < -0.3 is 5.11 Å². The predicted octanol–water partition coefficient (Wildman–Crippen LogP) is 2.06. The summed E-state index contributed by atoms with van der Waals surface area (Å²) in [6.45, 7) is 2.09. The zero-order valence-corrected chi connectivity index (χ0v) is 12.0. The van der Waals surface area contributed by atoms with Crippen LogP contribution in [0.4, 0.5) is 0 Å². The number of benzene rings is 1. The lowest BCUT2D eigenvalue weighted by atomic mass is 10.1. The summed E-state index contributed by atoms with van der Waals surface area (Å²) in [6.07, 6.45) is 1.39. The summed E-state index contributed by atoms with van der Waals surface area (Å²) in [5, 5.41) is 19.9. The van der Waals surface area contributed by atoms with Crippen LogP contribution >= 0.6 is 12.6 Å². The lowest BCUT2D eigenvalue weighted by Crippen LogP contribution is -2.07. The Morgan fingerprint density at radius 1 is 1.40 bits per heavy atom. The van der Waals surface area contributed by atoms with E-state index in [1.807, 2.05) is 24.3 Å². The fraction of sp³-hybridized carbons (Fsp3) is 0.385. The lowest BCUT2D eigenvalue weighted by molar-refractivity contribution is -0.137. The van der Waals surface area contributed by atoms with Crippen molar-refractivity contribution >= 4 is 18.6 Å². The highest BCUT2D eigenvalue weighted by atomic mass is 32.1. The van der Waals surface area contributed by atoms with E-state index in [1.165, 1.54) is 5.56 Å². The monoisotopic (exact) mass is 292 g/mol. The van der Waals surface area contributed by atoms with Crippen LogP contribution in [0.2, 0.25) is 0 Å². The predicted molar refractivity (Wildman–Crippen MR) is 77.1 cm³/mol. The number of aryl methyl sites for hydroxylation is 1. The maximum Gasteiger partial charge on any atom is 0.303 e. The zero-order valence-electron chi connectivity index (χ0n) is 11.1. The van der Waals surface area contributed by atoms with Gasteiger partial charge in [0.05, 0.1) is 10.9 Å². The molecule has 0 bridgehead atoms. The van der Waals surface area contributed by atoms with Gasteiger partial charge in [0.25, 0.3) is 0 Å². The summed E-state index contributed by atoms with van der Waals surface area (Å²) in [7, 11) is 0. The molecule has 1 unspecified atom stereocenters. The third-order valence-corrected chi connectivity index (χ3v) is 3.50. The number of carboxylic acid groups (broad SMARTS) is 1. The lowest BCUT2D eigenvalue weighted by Gasteiger charge is -2.10. The van der Waals surface area contributed by atoms with Crippen molar-refractivity contribution in [3.8, 4) is 5.69 Å². The summed E-state index contributed by atoms with van der Waals surface area (Å²) in [4.78, 5) is 10.6. The Morgan fingerprint density at radius 3 is 2.70 bits per heavy atom. The van der Waals surface area contributed by atoms with Crippen molar-refractivity contribution in [1.82, 2.24) is 20.2 Å². The van der Waals surface area contributed by atoms with E-state index in [-0.39, 0.29) is 11.7 Å². The van der Waals surface area contributed by atoms with Crippen molar-refractivity contribution in [3.05, 3.63) is 35.7 Å². The normalized spacial score (nSPS) is 12.3. The Balaban J connectivity index is 2.20. The minimum Gasteiger partial charge on any atom is -0.481 e. The summed E-state index contributed by atoms with van der Waals surface area (Å²) in [5.41, 5.74) is 2.08. The van der Waals surface area contributed by atoms with Crippen LogP contribution in [-0.4, -0.2) is 31.3 Å². The van der Waals surface area contributed by atoms with E-state index >= 15 is 0 Å². The molecule has 1 aromatic heterocycles. The number of thiol groups is 1. The third kappa shape index (κ3) is 3.36. The molecule has 0 fully saturated rings. The van der Waals surface area contributed by atoms with E-state index < -0.39 is 5.97 Å². The van der Waals surface area contributed by atoms with Gasteiger partial charge in [0.2, 0.25) is 0 Å². The van der Waals surface area contributed by atoms with Crippen molar-refractivity contribution in [3.63, 3.8) is 0 Å². The molecule has 0 radical (unpaired) electrons. The van der Waals surface area contributed by atoms with Crippen molar-refractivity contribution < 1.29 is 9.90 Å². The summed E-state index contributed by atoms with van der Waals surface area (Å²) in [5.74, 6) is -0.297. The number of aliphatic carboxylic acids is 1. The van der Waals surface area contributed by atoms with Crippen LogP contribution in [-0.2, 0) is 11.2 Å². The number of rotatable bonds is 6. The van der Waals surface area contributed by atoms with Gasteiger partial charge in [0, 0.05) is 6.42 Å². The standard InChI is InChI=1S/C13H16N4O2S/c1-2-9-3-5-10(6-4-9)17-13(14-15-16-17)11(20)7-8-12(18)19/h3-6,11,20H,2,7-8H2,1H3,(H,18,19). The molecule has 0 aliphatic heterocycles. The van der Waals surface area contributed by atoms with Gasteiger partial charge in [-0.05, 0) is 41.0 Å². The summed E-state index contributed by atoms with van der Waals surface area (Å²) < 4.78 is 1.60. The molecule has 6 nitrogen and oxygen atoms in total. The molecule has 0 saturated heterocycles. The van der Waals surface area contributed by atoms with Crippen LogP contribution in [0.25, 0.3) is 5.69 Å². The van der Waals surface area contributed by atoms with Gasteiger partial charge in [-0.25, -0.2) is 0 Å².